The minimum Gasteiger partial charge on any atom is -0.490 e. The summed E-state index contributed by atoms with van der Waals surface area (Å²) in [7, 11) is 0. The van der Waals surface area contributed by atoms with E-state index in [0.717, 1.165) is 12.8 Å². The quantitative estimate of drug-likeness (QED) is 0.387. The third-order valence-electron chi connectivity index (χ3n) is 2.81. The van der Waals surface area contributed by atoms with E-state index in [1.807, 2.05) is 6.92 Å². The second kappa shape index (κ2) is 9.28. The second-order valence-electron chi connectivity index (χ2n) is 4.60. The summed E-state index contributed by atoms with van der Waals surface area (Å²) in [5.41, 5.74) is 0.193. The standard InChI is InChI=1S/C14H21NO6/c1-2-3-6-20-9-13(17)10-21-14-5-4-12(15(18)19)7-11(14)8-16/h4-5,7,13,16-17H,2-3,6,8-10H2,1H3. The Kier molecular flexibility index (Phi) is 7.66. The van der Waals surface area contributed by atoms with Gasteiger partial charge >= 0.3 is 0 Å². The maximum absolute atomic E-state index is 10.6. The van der Waals surface area contributed by atoms with E-state index in [-0.39, 0.29) is 25.5 Å². The molecule has 1 unspecified atom stereocenters. The Morgan fingerprint density at radius 1 is 1.38 bits per heavy atom. The second-order valence-corrected chi connectivity index (χ2v) is 4.60. The van der Waals surface area contributed by atoms with Gasteiger partial charge in [0.15, 0.2) is 0 Å². The van der Waals surface area contributed by atoms with Crippen LogP contribution >= 0.6 is 0 Å². The van der Waals surface area contributed by atoms with E-state index in [4.69, 9.17) is 9.47 Å². The fraction of sp³-hybridized carbons (Fsp3) is 0.571. The van der Waals surface area contributed by atoms with Crippen LogP contribution in [-0.4, -0.2) is 41.1 Å². The van der Waals surface area contributed by atoms with Gasteiger partial charge in [0.25, 0.3) is 5.69 Å². The topological polar surface area (TPSA) is 102 Å². The number of nitro groups is 1. The van der Waals surface area contributed by atoms with Crippen molar-refractivity contribution in [2.24, 2.45) is 0 Å². The van der Waals surface area contributed by atoms with E-state index in [9.17, 15) is 20.3 Å². The molecule has 0 aliphatic heterocycles. The van der Waals surface area contributed by atoms with Gasteiger partial charge in [-0.15, -0.1) is 0 Å². The first-order chi connectivity index (χ1) is 10.1. The summed E-state index contributed by atoms with van der Waals surface area (Å²) in [6.07, 6.45) is 1.17. The highest BCUT2D eigenvalue weighted by molar-refractivity contribution is 5.43. The van der Waals surface area contributed by atoms with Crippen LogP contribution in [0.25, 0.3) is 0 Å². The molecule has 1 rings (SSSR count). The molecular formula is C14H21NO6. The zero-order valence-corrected chi connectivity index (χ0v) is 12.0. The minimum atomic E-state index is -0.788. The number of hydrogen-bond donors (Lipinski definition) is 2. The fourth-order valence-electron chi connectivity index (χ4n) is 1.64. The van der Waals surface area contributed by atoms with Crippen molar-refractivity contribution in [2.75, 3.05) is 19.8 Å². The molecule has 2 N–H and O–H groups in total. The normalized spacial score (nSPS) is 12.1. The number of nitrogens with zero attached hydrogens (tertiary/aromatic N) is 1. The van der Waals surface area contributed by atoms with Crippen molar-refractivity contribution in [2.45, 2.75) is 32.5 Å². The molecule has 0 bridgehead atoms. The number of non-ortho nitro benzene ring substituents is 1. The maximum Gasteiger partial charge on any atom is 0.270 e. The van der Waals surface area contributed by atoms with Gasteiger partial charge in [-0.25, -0.2) is 0 Å². The molecule has 0 aliphatic carbocycles. The summed E-state index contributed by atoms with van der Waals surface area (Å²) in [5.74, 6) is 0.315. The zero-order valence-electron chi connectivity index (χ0n) is 12.0. The molecule has 0 amide bonds. The fourth-order valence-corrected chi connectivity index (χ4v) is 1.64. The lowest BCUT2D eigenvalue weighted by molar-refractivity contribution is -0.385. The molecule has 0 radical (unpaired) electrons. The summed E-state index contributed by atoms with van der Waals surface area (Å²) in [6, 6.07) is 3.95. The predicted octanol–water partition coefficient (Wildman–Crippen LogP) is 1.64. The van der Waals surface area contributed by atoms with Gasteiger partial charge < -0.3 is 19.7 Å². The third-order valence-corrected chi connectivity index (χ3v) is 2.81. The number of rotatable bonds is 10. The van der Waals surface area contributed by atoms with E-state index < -0.39 is 11.0 Å². The number of hydrogen-bond acceptors (Lipinski definition) is 6. The monoisotopic (exact) mass is 299 g/mol. The first-order valence-electron chi connectivity index (χ1n) is 6.85. The van der Waals surface area contributed by atoms with Gasteiger partial charge in [-0.3, -0.25) is 10.1 Å². The Morgan fingerprint density at radius 2 is 2.14 bits per heavy atom. The van der Waals surface area contributed by atoms with Crippen LogP contribution in [0, 0.1) is 10.1 Å². The molecule has 0 spiro atoms. The molecule has 0 heterocycles. The van der Waals surface area contributed by atoms with Crippen molar-refractivity contribution in [1.29, 1.82) is 0 Å². The molecule has 0 fully saturated rings. The number of unbranched alkanes of at least 4 members (excludes halogenated alkanes) is 1. The van der Waals surface area contributed by atoms with Crippen LogP contribution in [-0.2, 0) is 11.3 Å². The largest absolute Gasteiger partial charge is 0.490 e. The van der Waals surface area contributed by atoms with Gasteiger partial charge in [0.2, 0.25) is 0 Å². The molecule has 0 aliphatic rings. The Bertz CT molecular complexity index is 451. The van der Waals surface area contributed by atoms with Crippen LogP contribution in [0.3, 0.4) is 0 Å². The summed E-state index contributed by atoms with van der Waals surface area (Å²) < 4.78 is 10.6. The van der Waals surface area contributed by atoms with Crippen molar-refractivity contribution < 1.29 is 24.6 Å². The lowest BCUT2D eigenvalue weighted by atomic mass is 10.2. The van der Waals surface area contributed by atoms with E-state index in [1.165, 1.54) is 18.2 Å². The van der Waals surface area contributed by atoms with Crippen LogP contribution in [0.4, 0.5) is 5.69 Å². The Morgan fingerprint density at radius 3 is 2.76 bits per heavy atom. The first-order valence-corrected chi connectivity index (χ1v) is 6.85. The highest BCUT2D eigenvalue weighted by Crippen LogP contribution is 2.24. The van der Waals surface area contributed by atoms with Gasteiger partial charge in [-0.2, -0.15) is 0 Å². The molecule has 7 heteroatoms. The number of ether oxygens (including phenoxy) is 2. The number of benzene rings is 1. The highest BCUT2D eigenvalue weighted by atomic mass is 16.6. The van der Waals surface area contributed by atoms with Crippen molar-refractivity contribution in [3.05, 3.63) is 33.9 Å². The number of nitro benzene ring substituents is 1. The molecule has 21 heavy (non-hydrogen) atoms. The smallest absolute Gasteiger partial charge is 0.270 e. The van der Waals surface area contributed by atoms with E-state index >= 15 is 0 Å². The Balaban J connectivity index is 2.49. The molecule has 118 valence electrons. The predicted molar refractivity (Wildman–Crippen MR) is 76.2 cm³/mol. The summed E-state index contributed by atoms with van der Waals surface area (Å²) in [6.45, 7) is 2.43. The first kappa shape index (κ1) is 17.4. The van der Waals surface area contributed by atoms with Gasteiger partial charge in [-0.1, -0.05) is 13.3 Å². The molecule has 1 atom stereocenters. The molecule has 0 saturated heterocycles. The van der Waals surface area contributed by atoms with Crippen LogP contribution in [0.1, 0.15) is 25.3 Å². The molecule has 1 aromatic rings. The maximum atomic E-state index is 10.6. The summed E-state index contributed by atoms with van der Waals surface area (Å²) in [4.78, 5) is 10.1. The SMILES string of the molecule is CCCCOCC(O)COc1ccc([N+](=O)[O-])cc1CO. The van der Waals surface area contributed by atoms with Crippen LogP contribution < -0.4 is 4.74 Å². The average Bonchev–Trinajstić information content (AvgIpc) is 2.49. The third kappa shape index (κ3) is 6.07. The average molecular weight is 299 g/mol. The summed E-state index contributed by atoms with van der Waals surface area (Å²) in [5, 5.41) is 29.5. The Labute approximate surface area is 123 Å². The lowest BCUT2D eigenvalue weighted by Crippen LogP contribution is -2.24. The highest BCUT2D eigenvalue weighted by Gasteiger charge is 2.13. The van der Waals surface area contributed by atoms with Gasteiger partial charge in [0.1, 0.15) is 18.5 Å². The van der Waals surface area contributed by atoms with Crippen LogP contribution in [0.5, 0.6) is 5.75 Å². The molecule has 7 nitrogen and oxygen atoms in total. The van der Waals surface area contributed by atoms with Gasteiger partial charge in [0.05, 0.1) is 18.1 Å². The van der Waals surface area contributed by atoms with E-state index in [2.05, 4.69) is 0 Å². The Hall–Kier alpha value is -1.70. The van der Waals surface area contributed by atoms with E-state index in [1.54, 1.807) is 0 Å². The van der Waals surface area contributed by atoms with Crippen LogP contribution in [0.2, 0.25) is 0 Å². The molecule has 0 aromatic heterocycles. The zero-order chi connectivity index (χ0) is 15.7. The van der Waals surface area contributed by atoms with E-state index in [0.29, 0.717) is 17.9 Å². The minimum absolute atomic E-state index is 0.00304. The van der Waals surface area contributed by atoms with Crippen LogP contribution in [0.15, 0.2) is 18.2 Å². The van der Waals surface area contributed by atoms with Crippen molar-refractivity contribution in [3.8, 4) is 5.75 Å². The van der Waals surface area contributed by atoms with Crippen molar-refractivity contribution in [3.63, 3.8) is 0 Å². The van der Waals surface area contributed by atoms with Crippen molar-refractivity contribution >= 4 is 5.69 Å². The molecular weight excluding hydrogens is 278 g/mol. The van der Waals surface area contributed by atoms with Crippen molar-refractivity contribution in [1.82, 2.24) is 0 Å². The van der Waals surface area contributed by atoms with Gasteiger partial charge in [0, 0.05) is 24.3 Å². The number of aliphatic hydroxyl groups excluding tert-OH is 2. The van der Waals surface area contributed by atoms with Gasteiger partial charge in [-0.05, 0) is 12.5 Å². The summed E-state index contributed by atoms with van der Waals surface area (Å²) >= 11 is 0. The molecule has 0 saturated carbocycles. The molecule has 1 aromatic carbocycles. The lowest BCUT2D eigenvalue weighted by Gasteiger charge is -2.14. The number of aliphatic hydroxyl groups is 2.